The summed E-state index contributed by atoms with van der Waals surface area (Å²) in [5.41, 5.74) is 2.05. The van der Waals surface area contributed by atoms with Crippen molar-refractivity contribution in [2.45, 2.75) is 64.3 Å². The van der Waals surface area contributed by atoms with E-state index in [0.717, 1.165) is 31.2 Å². The Balaban J connectivity index is 1.51. The molecule has 0 aliphatic heterocycles. The van der Waals surface area contributed by atoms with Crippen molar-refractivity contribution in [2.75, 3.05) is 19.5 Å². The first-order valence-corrected chi connectivity index (χ1v) is 14.1. The fourth-order valence-corrected chi connectivity index (χ4v) is 5.37. The number of aromatic nitrogens is 2. The van der Waals surface area contributed by atoms with Crippen LogP contribution in [0.2, 0.25) is 5.02 Å². The van der Waals surface area contributed by atoms with Crippen LogP contribution in [0.4, 0.5) is 11.5 Å². The van der Waals surface area contributed by atoms with E-state index in [9.17, 15) is 14.4 Å². The highest BCUT2D eigenvalue weighted by Gasteiger charge is 2.26. The van der Waals surface area contributed by atoms with Gasteiger partial charge in [-0.1, -0.05) is 49.8 Å². The van der Waals surface area contributed by atoms with Gasteiger partial charge in [-0.3, -0.25) is 9.59 Å². The van der Waals surface area contributed by atoms with Crippen LogP contribution in [0.5, 0.6) is 11.5 Å². The number of esters is 2. The summed E-state index contributed by atoms with van der Waals surface area (Å²) in [4.78, 5) is 45.7. The van der Waals surface area contributed by atoms with E-state index in [1.165, 1.54) is 33.9 Å². The standard InChI is InChI=1S/C30H35ClN4O6/c1-18(36)41-27-15-22-24(16-26(27)39-2)32-17-33-29(22)35-23-14-21(31)11-9-20(23)10-12-28(37)34-25(30(38)40-3)13-19-7-5-4-6-8-19/h9,11,14-17,19,25H,4-8,10,12-13H2,1-3H3,(H,34,37)(H,32,33,35)/t25-/m1/s1. The summed E-state index contributed by atoms with van der Waals surface area (Å²) in [5.74, 6) is 0.322. The Morgan fingerprint density at radius 3 is 2.54 bits per heavy atom. The first kappa shape index (κ1) is 30.0. The topological polar surface area (TPSA) is 129 Å². The van der Waals surface area contributed by atoms with Crippen molar-refractivity contribution in [1.82, 2.24) is 15.3 Å². The van der Waals surface area contributed by atoms with Crippen LogP contribution >= 0.6 is 11.6 Å². The van der Waals surface area contributed by atoms with Gasteiger partial charge >= 0.3 is 11.9 Å². The second-order valence-corrected chi connectivity index (χ2v) is 10.6. The normalized spacial score (nSPS) is 14.2. The Labute approximate surface area is 244 Å². The number of aryl methyl sites for hydroxylation is 1. The highest BCUT2D eigenvalue weighted by Crippen LogP contribution is 2.36. The van der Waals surface area contributed by atoms with Crippen LogP contribution in [-0.2, 0) is 25.5 Å². The quantitative estimate of drug-likeness (QED) is 0.222. The third-order valence-corrected chi connectivity index (χ3v) is 7.47. The van der Waals surface area contributed by atoms with E-state index < -0.39 is 18.0 Å². The third kappa shape index (κ3) is 8.07. The number of carbonyl (C=O) groups is 3. The summed E-state index contributed by atoms with van der Waals surface area (Å²) in [6.07, 6.45) is 8.20. The van der Waals surface area contributed by atoms with Gasteiger partial charge in [0.2, 0.25) is 5.91 Å². The maximum atomic E-state index is 12.9. The third-order valence-electron chi connectivity index (χ3n) is 7.24. The molecule has 1 atom stereocenters. The van der Waals surface area contributed by atoms with Crippen LogP contribution in [0, 0.1) is 5.92 Å². The number of anilines is 2. The number of halogens is 1. The van der Waals surface area contributed by atoms with Gasteiger partial charge in [-0.15, -0.1) is 0 Å². The number of amides is 1. The number of benzene rings is 2. The summed E-state index contributed by atoms with van der Waals surface area (Å²) in [6.45, 7) is 1.31. The lowest BCUT2D eigenvalue weighted by Gasteiger charge is -2.25. The van der Waals surface area contributed by atoms with Gasteiger partial charge in [-0.2, -0.15) is 0 Å². The molecule has 3 aromatic rings. The molecule has 1 aromatic heterocycles. The zero-order valence-corrected chi connectivity index (χ0v) is 24.3. The average molecular weight is 583 g/mol. The molecule has 41 heavy (non-hydrogen) atoms. The van der Waals surface area contributed by atoms with E-state index in [-0.39, 0.29) is 18.1 Å². The second-order valence-electron chi connectivity index (χ2n) is 10.1. The maximum absolute atomic E-state index is 12.9. The molecule has 218 valence electrons. The van der Waals surface area contributed by atoms with Crippen molar-refractivity contribution < 1.29 is 28.6 Å². The molecule has 4 rings (SSSR count). The number of hydrogen-bond acceptors (Lipinski definition) is 9. The summed E-state index contributed by atoms with van der Waals surface area (Å²) >= 11 is 6.32. The van der Waals surface area contributed by atoms with Crippen LogP contribution < -0.4 is 20.1 Å². The number of rotatable bonds is 11. The lowest BCUT2D eigenvalue weighted by molar-refractivity contribution is -0.145. The minimum atomic E-state index is -0.658. The number of fused-ring (bicyclic) bond motifs is 1. The van der Waals surface area contributed by atoms with Crippen molar-refractivity contribution in [2.24, 2.45) is 5.92 Å². The van der Waals surface area contributed by atoms with Gasteiger partial charge in [0.1, 0.15) is 18.2 Å². The molecule has 2 N–H and O–H groups in total. The van der Waals surface area contributed by atoms with Crippen molar-refractivity contribution in [1.29, 1.82) is 0 Å². The Morgan fingerprint density at radius 2 is 1.83 bits per heavy atom. The molecule has 1 amide bonds. The fraction of sp³-hybridized carbons (Fsp3) is 0.433. The summed E-state index contributed by atoms with van der Waals surface area (Å²) in [6, 6.07) is 7.98. The van der Waals surface area contributed by atoms with Gasteiger partial charge in [0.25, 0.3) is 0 Å². The van der Waals surface area contributed by atoms with Crippen molar-refractivity contribution >= 4 is 51.9 Å². The van der Waals surface area contributed by atoms with E-state index in [1.807, 2.05) is 6.07 Å². The highest BCUT2D eigenvalue weighted by atomic mass is 35.5. The summed E-state index contributed by atoms with van der Waals surface area (Å²) in [5, 5.41) is 7.28. The number of nitrogens with zero attached hydrogens (tertiary/aromatic N) is 2. The summed E-state index contributed by atoms with van der Waals surface area (Å²) in [7, 11) is 2.82. The van der Waals surface area contributed by atoms with Crippen LogP contribution in [0.15, 0.2) is 36.7 Å². The minimum absolute atomic E-state index is 0.160. The molecule has 1 heterocycles. The number of nitrogens with one attached hydrogen (secondary N) is 2. The van der Waals surface area contributed by atoms with Crippen molar-refractivity contribution in [3.63, 3.8) is 0 Å². The van der Waals surface area contributed by atoms with Crippen molar-refractivity contribution in [3.8, 4) is 11.5 Å². The molecule has 1 aliphatic rings. The van der Waals surface area contributed by atoms with Crippen LogP contribution in [0.1, 0.15) is 57.4 Å². The molecule has 0 spiro atoms. The molecular formula is C30H35ClN4O6. The fourth-order valence-electron chi connectivity index (χ4n) is 5.20. The smallest absolute Gasteiger partial charge is 0.328 e. The average Bonchev–Trinajstić information content (AvgIpc) is 2.96. The van der Waals surface area contributed by atoms with Crippen LogP contribution in [0.3, 0.4) is 0 Å². The molecule has 10 nitrogen and oxygen atoms in total. The number of carbonyl (C=O) groups excluding carboxylic acids is 3. The van der Waals surface area contributed by atoms with E-state index >= 15 is 0 Å². The molecule has 0 radical (unpaired) electrons. The van der Waals surface area contributed by atoms with Gasteiger partial charge in [0, 0.05) is 35.5 Å². The Kier molecular flexibility index (Phi) is 10.3. The lowest BCUT2D eigenvalue weighted by Crippen LogP contribution is -2.43. The molecule has 0 unspecified atom stereocenters. The maximum Gasteiger partial charge on any atom is 0.328 e. The molecule has 2 aromatic carbocycles. The molecule has 0 saturated heterocycles. The predicted octanol–water partition coefficient (Wildman–Crippen LogP) is 5.52. The summed E-state index contributed by atoms with van der Waals surface area (Å²) < 4.78 is 15.6. The van der Waals surface area contributed by atoms with Crippen LogP contribution in [0.25, 0.3) is 10.9 Å². The largest absolute Gasteiger partial charge is 0.493 e. The Morgan fingerprint density at radius 1 is 1.05 bits per heavy atom. The van der Waals surface area contributed by atoms with Gasteiger partial charge in [-0.25, -0.2) is 14.8 Å². The first-order chi connectivity index (χ1) is 19.8. The van der Waals surface area contributed by atoms with Gasteiger partial charge in [0.15, 0.2) is 11.5 Å². The predicted molar refractivity (Wildman–Crippen MR) is 156 cm³/mol. The highest BCUT2D eigenvalue weighted by molar-refractivity contribution is 6.30. The van der Waals surface area contributed by atoms with E-state index in [2.05, 4.69) is 20.6 Å². The molecule has 1 aliphatic carbocycles. The monoisotopic (exact) mass is 582 g/mol. The Hall–Kier alpha value is -3.92. The number of methoxy groups -OCH3 is 2. The molecule has 11 heteroatoms. The number of ether oxygens (including phenoxy) is 3. The first-order valence-electron chi connectivity index (χ1n) is 13.7. The SMILES string of the molecule is COC(=O)[C@@H](CC1CCCCC1)NC(=O)CCc1ccc(Cl)cc1Nc1ncnc2cc(OC)c(OC(C)=O)cc12. The van der Waals surface area contributed by atoms with E-state index in [0.29, 0.717) is 51.9 Å². The molecular weight excluding hydrogens is 548 g/mol. The number of hydrogen-bond donors (Lipinski definition) is 2. The molecule has 1 fully saturated rings. The van der Waals surface area contributed by atoms with E-state index in [4.69, 9.17) is 25.8 Å². The molecule has 1 saturated carbocycles. The second kappa shape index (κ2) is 14.1. The molecule has 0 bridgehead atoms. The minimum Gasteiger partial charge on any atom is -0.493 e. The van der Waals surface area contributed by atoms with Gasteiger partial charge in [0.05, 0.1) is 19.7 Å². The van der Waals surface area contributed by atoms with Gasteiger partial charge in [-0.05, 0) is 42.5 Å². The van der Waals surface area contributed by atoms with Crippen LogP contribution in [-0.4, -0.2) is 48.1 Å². The van der Waals surface area contributed by atoms with Gasteiger partial charge < -0.3 is 24.8 Å². The van der Waals surface area contributed by atoms with E-state index in [1.54, 1.807) is 24.3 Å². The zero-order chi connectivity index (χ0) is 29.4. The zero-order valence-electron chi connectivity index (χ0n) is 23.5. The van der Waals surface area contributed by atoms with Crippen molar-refractivity contribution in [3.05, 3.63) is 47.2 Å². The lowest BCUT2D eigenvalue weighted by atomic mass is 9.85. The Bertz CT molecular complexity index is 1410.